The Kier molecular flexibility index (Phi) is 5.07. The lowest BCUT2D eigenvalue weighted by Gasteiger charge is -2.27. The maximum absolute atomic E-state index is 9.29. The van der Waals surface area contributed by atoms with Crippen LogP contribution < -0.4 is 5.32 Å². The Morgan fingerprint density at radius 3 is 2.60 bits per heavy atom. The van der Waals surface area contributed by atoms with Gasteiger partial charge in [0.1, 0.15) is 0 Å². The Morgan fingerprint density at radius 1 is 1.40 bits per heavy atom. The van der Waals surface area contributed by atoms with E-state index in [4.69, 9.17) is 0 Å². The van der Waals surface area contributed by atoms with Crippen molar-refractivity contribution in [1.82, 2.24) is 5.32 Å². The van der Waals surface area contributed by atoms with Gasteiger partial charge in [-0.1, -0.05) is 33.6 Å². The highest BCUT2D eigenvalue weighted by molar-refractivity contribution is 4.79. The third-order valence-electron chi connectivity index (χ3n) is 4.23. The van der Waals surface area contributed by atoms with Crippen molar-refractivity contribution in [1.29, 1.82) is 0 Å². The molecule has 0 bridgehead atoms. The zero-order chi connectivity index (χ0) is 11.3. The Bertz CT molecular complexity index is 177. The Morgan fingerprint density at radius 2 is 2.13 bits per heavy atom. The van der Waals surface area contributed by atoms with Crippen LogP contribution in [-0.4, -0.2) is 24.8 Å². The summed E-state index contributed by atoms with van der Waals surface area (Å²) in [4.78, 5) is 0. The molecule has 15 heavy (non-hydrogen) atoms. The molecule has 2 nitrogen and oxygen atoms in total. The molecular weight excluding hydrogens is 186 g/mol. The van der Waals surface area contributed by atoms with Gasteiger partial charge in [0.15, 0.2) is 0 Å². The van der Waals surface area contributed by atoms with Crippen LogP contribution in [0.1, 0.15) is 46.5 Å². The molecule has 1 aliphatic rings. The van der Waals surface area contributed by atoms with Gasteiger partial charge in [-0.05, 0) is 31.2 Å². The van der Waals surface area contributed by atoms with Gasteiger partial charge < -0.3 is 10.4 Å². The SMILES string of the molecule is CCC(C)(CO)CNCC1CCCC1C. The Labute approximate surface area is 94.5 Å². The molecule has 1 aliphatic carbocycles. The van der Waals surface area contributed by atoms with E-state index in [-0.39, 0.29) is 12.0 Å². The summed E-state index contributed by atoms with van der Waals surface area (Å²) in [5.74, 6) is 1.75. The van der Waals surface area contributed by atoms with Gasteiger partial charge in [-0.15, -0.1) is 0 Å². The van der Waals surface area contributed by atoms with Crippen LogP contribution in [0.4, 0.5) is 0 Å². The minimum atomic E-state index is 0.0713. The van der Waals surface area contributed by atoms with Gasteiger partial charge in [0, 0.05) is 18.6 Å². The highest BCUT2D eigenvalue weighted by Gasteiger charge is 2.25. The predicted octanol–water partition coefficient (Wildman–Crippen LogP) is 2.42. The van der Waals surface area contributed by atoms with Crippen molar-refractivity contribution in [2.45, 2.75) is 46.5 Å². The Balaban J connectivity index is 2.20. The molecule has 3 unspecified atom stereocenters. The summed E-state index contributed by atoms with van der Waals surface area (Å²) in [6.07, 6.45) is 5.23. The second-order valence-electron chi connectivity index (χ2n) is 5.62. The summed E-state index contributed by atoms with van der Waals surface area (Å²) in [5.41, 5.74) is 0.0713. The fourth-order valence-electron chi connectivity index (χ4n) is 2.38. The monoisotopic (exact) mass is 213 g/mol. The first-order chi connectivity index (χ1) is 7.11. The number of nitrogens with one attached hydrogen (secondary N) is 1. The first-order valence-electron chi connectivity index (χ1n) is 6.43. The first-order valence-corrected chi connectivity index (χ1v) is 6.43. The topological polar surface area (TPSA) is 32.3 Å². The fraction of sp³-hybridized carbons (Fsp3) is 1.00. The molecule has 2 N–H and O–H groups in total. The summed E-state index contributed by atoms with van der Waals surface area (Å²) >= 11 is 0. The van der Waals surface area contributed by atoms with Crippen molar-refractivity contribution in [2.24, 2.45) is 17.3 Å². The van der Waals surface area contributed by atoms with Gasteiger partial charge in [0.2, 0.25) is 0 Å². The van der Waals surface area contributed by atoms with E-state index in [0.717, 1.165) is 31.3 Å². The van der Waals surface area contributed by atoms with E-state index in [9.17, 15) is 5.11 Å². The summed E-state index contributed by atoms with van der Waals surface area (Å²) in [6.45, 7) is 9.04. The second kappa shape index (κ2) is 5.86. The molecule has 0 spiro atoms. The maximum atomic E-state index is 9.29. The molecule has 2 heteroatoms. The molecule has 1 fully saturated rings. The summed E-state index contributed by atoms with van der Waals surface area (Å²) in [7, 11) is 0. The largest absolute Gasteiger partial charge is 0.396 e. The summed E-state index contributed by atoms with van der Waals surface area (Å²) < 4.78 is 0. The van der Waals surface area contributed by atoms with Crippen molar-refractivity contribution in [3.05, 3.63) is 0 Å². The van der Waals surface area contributed by atoms with Crippen LogP contribution in [0.25, 0.3) is 0 Å². The van der Waals surface area contributed by atoms with Gasteiger partial charge in [0.25, 0.3) is 0 Å². The lowest BCUT2D eigenvalue weighted by Crippen LogP contribution is -2.37. The van der Waals surface area contributed by atoms with Crippen LogP contribution >= 0.6 is 0 Å². The minimum Gasteiger partial charge on any atom is -0.396 e. The molecule has 90 valence electrons. The summed E-state index contributed by atoms with van der Waals surface area (Å²) in [5, 5.41) is 12.8. The van der Waals surface area contributed by atoms with Crippen LogP contribution in [0.15, 0.2) is 0 Å². The van der Waals surface area contributed by atoms with E-state index in [0.29, 0.717) is 0 Å². The minimum absolute atomic E-state index is 0.0713. The quantitative estimate of drug-likeness (QED) is 0.710. The molecule has 0 heterocycles. The van der Waals surface area contributed by atoms with E-state index in [2.05, 4.69) is 26.1 Å². The predicted molar refractivity (Wildman–Crippen MR) is 64.9 cm³/mol. The van der Waals surface area contributed by atoms with Gasteiger partial charge >= 0.3 is 0 Å². The van der Waals surface area contributed by atoms with Crippen molar-refractivity contribution in [3.63, 3.8) is 0 Å². The van der Waals surface area contributed by atoms with Crippen molar-refractivity contribution >= 4 is 0 Å². The van der Waals surface area contributed by atoms with E-state index in [1.165, 1.54) is 19.3 Å². The zero-order valence-electron chi connectivity index (χ0n) is 10.6. The number of aliphatic hydroxyl groups is 1. The molecule has 0 aliphatic heterocycles. The molecule has 0 aromatic heterocycles. The maximum Gasteiger partial charge on any atom is 0.0496 e. The highest BCUT2D eigenvalue weighted by Crippen LogP contribution is 2.30. The van der Waals surface area contributed by atoms with E-state index in [1.807, 2.05) is 0 Å². The first kappa shape index (κ1) is 13.0. The molecule has 1 rings (SSSR count). The number of aliphatic hydroxyl groups excluding tert-OH is 1. The Hall–Kier alpha value is -0.0800. The lowest BCUT2D eigenvalue weighted by atomic mass is 9.88. The third kappa shape index (κ3) is 3.76. The molecule has 3 atom stereocenters. The van der Waals surface area contributed by atoms with Gasteiger partial charge in [-0.25, -0.2) is 0 Å². The average Bonchev–Trinajstić information content (AvgIpc) is 2.64. The van der Waals surface area contributed by atoms with Gasteiger partial charge in [-0.3, -0.25) is 0 Å². The van der Waals surface area contributed by atoms with Gasteiger partial charge in [0.05, 0.1) is 0 Å². The van der Waals surface area contributed by atoms with E-state index >= 15 is 0 Å². The number of hydrogen-bond donors (Lipinski definition) is 2. The van der Waals surface area contributed by atoms with Crippen LogP contribution in [0.5, 0.6) is 0 Å². The average molecular weight is 213 g/mol. The molecular formula is C13H27NO. The van der Waals surface area contributed by atoms with Crippen LogP contribution in [0.2, 0.25) is 0 Å². The van der Waals surface area contributed by atoms with Crippen molar-refractivity contribution < 1.29 is 5.11 Å². The molecule has 0 saturated heterocycles. The molecule has 0 aromatic carbocycles. The smallest absolute Gasteiger partial charge is 0.0496 e. The fourth-order valence-corrected chi connectivity index (χ4v) is 2.38. The zero-order valence-corrected chi connectivity index (χ0v) is 10.6. The van der Waals surface area contributed by atoms with E-state index in [1.54, 1.807) is 0 Å². The summed E-state index contributed by atoms with van der Waals surface area (Å²) in [6, 6.07) is 0. The van der Waals surface area contributed by atoms with Crippen molar-refractivity contribution in [2.75, 3.05) is 19.7 Å². The number of hydrogen-bond acceptors (Lipinski definition) is 2. The highest BCUT2D eigenvalue weighted by atomic mass is 16.3. The molecule has 0 radical (unpaired) electrons. The standard InChI is InChI=1S/C13H27NO/c1-4-13(3,10-15)9-14-8-12-7-5-6-11(12)2/h11-12,14-15H,4-10H2,1-3H3. The van der Waals surface area contributed by atoms with Gasteiger partial charge in [-0.2, -0.15) is 0 Å². The molecule has 0 aromatic rings. The third-order valence-corrected chi connectivity index (χ3v) is 4.23. The van der Waals surface area contributed by atoms with Crippen LogP contribution in [0, 0.1) is 17.3 Å². The van der Waals surface area contributed by atoms with E-state index < -0.39 is 0 Å². The molecule has 1 saturated carbocycles. The normalized spacial score (nSPS) is 30.4. The second-order valence-corrected chi connectivity index (χ2v) is 5.62. The van der Waals surface area contributed by atoms with Crippen molar-refractivity contribution in [3.8, 4) is 0 Å². The molecule has 0 amide bonds. The lowest BCUT2D eigenvalue weighted by molar-refractivity contribution is 0.133. The van der Waals surface area contributed by atoms with Crippen LogP contribution in [-0.2, 0) is 0 Å². The van der Waals surface area contributed by atoms with Crippen LogP contribution in [0.3, 0.4) is 0 Å². The number of rotatable bonds is 6.